The van der Waals surface area contributed by atoms with Crippen molar-refractivity contribution in [2.24, 2.45) is 5.73 Å². The number of nitrogens with two attached hydrogens (primary N) is 1. The van der Waals surface area contributed by atoms with Gasteiger partial charge in [0.05, 0.1) is 6.04 Å². The predicted octanol–water partition coefficient (Wildman–Crippen LogP) is 2.03. The van der Waals surface area contributed by atoms with Gasteiger partial charge in [-0.15, -0.1) is 0 Å². The van der Waals surface area contributed by atoms with Crippen LogP contribution < -0.4 is 5.73 Å². The molecule has 2 aliphatic rings. The van der Waals surface area contributed by atoms with Crippen molar-refractivity contribution >= 4 is 0 Å². The molecule has 1 aromatic rings. The lowest BCUT2D eigenvalue weighted by Crippen LogP contribution is -2.44. The standard InChI is InChI=1S/C17H28N4/c1-2-16(18)17(14-6-3-8-19-12-14)21-11-5-10-20-9-4-7-15(20)13-21/h3,6,8,12,15-17H,2,4-5,7,9-11,13,18H2,1H3. The number of aromatic nitrogens is 1. The summed E-state index contributed by atoms with van der Waals surface area (Å²) in [6.07, 6.45) is 8.80. The lowest BCUT2D eigenvalue weighted by Gasteiger charge is -2.36. The van der Waals surface area contributed by atoms with Crippen molar-refractivity contribution in [2.45, 2.75) is 50.7 Å². The molecule has 0 aliphatic carbocycles. The molecule has 116 valence electrons. The molecule has 2 N–H and O–H groups in total. The summed E-state index contributed by atoms with van der Waals surface area (Å²) in [6, 6.07) is 5.44. The SMILES string of the molecule is CCC(N)C(c1cccnc1)N1CCCN2CCCC2C1. The Labute approximate surface area is 128 Å². The van der Waals surface area contributed by atoms with Gasteiger partial charge in [-0.25, -0.2) is 0 Å². The van der Waals surface area contributed by atoms with Gasteiger partial charge in [0.15, 0.2) is 0 Å². The van der Waals surface area contributed by atoms with E-state index >= 15 is 0 Å². The Morgan fingerprint density at radius 3 is 2.95 bits per heavy atom. The predicted molar refractivity (Wildman–Crippen MR) is 86.0 cm³/mol. The van der Waals surface area contributed by atoms with Gasteiger partial charge in [0, 0.05) is 37.6 Å². The summed E-state index contributed by atoms with van der Waals surface area (Å²) in [5, 5.41) is 0. The number of pyridine rings is 1. The highest BCUT2D eigenvalue weighted by atomic mass is 15.3. The number of hydrogen-bond donors (Lipinski definition) is 1. The van der Waals surface area contributed by atoms with Crippen LogP contribution in [0.15, 0.2) is 24.5 Å². The van der Waals surface area contributed by atoms with Gasteiger partial charge in [-0.2, -0.15) is 0 Å². The minimum atomic E-state index is 0.183. The van der Waals surface area contributed by atoms with Gasteiger partial charge in [-0.1, -0.05) is 13.0 Å². The zero-order valence-electron chi connectivity index (χ0n) is 13.1. The number of fused-ring (bicyclic) bond motifs is 1. The molecule has 0 bridgehead atoms. The molecular formula is C17H28N4. The van der Waals surface area contributed by atoms with Gasteiger partial charge < -0.3 is 5.73 Å². The molecule has 0 radical (unpaired) electrons. The quantitative estimate of drug-likeness (QED) is 0.921. The topological polar surface area (TPSA) is 45.4 Å². The first kappa shape index (κ1) is 14.9. The Kier molecular flexibility index (Phi) is 4.88. The second-order valence-electron chi connectivity index (χ2n) is 6.48. The lowest BCUT2D eigenvalue weighted by atomic mass is 9.97. The first-order chi connectivity index (χ1) is 10.3. The van der Waals surface area contributed by atoms with Gasteiger partial charge in [0.25, 0.3) is 0 Å². The van der Waals surface area contributed by atoms with E-state index in [0.29, 0.717) is 6.04 Å². The highest BCUT2D eigenvalue weighted by Gasteiger charge is 2.33. The summed E-state index contributed by atoms with van der Waals surface area (Å²) in [5.41, 5.74) is 7.76. The van der Waals surface area contributed by atoms with E-state index in [1.807, 2.05) is 18.5 Å². The molecule has 2 fully saturated rings. The molecule has 3 rings (SSSR count). The fraction of sp³-hybridized carbons (Fsp3) is 0.706. The largest absolute Gasteiger partial charge is 0.326 e. The third-order valence-electron chi connectivity index (χ3n) is 5.13. The van der Waals surface area contributed by atoms with Crippen LogP contribution in [0.2, 0.25) is 0 Å². The van der Waals surface area contributed by atoms with Gasteiger partial charge >= 0.3 is 0 Å². The van der Waals surface area contributed by atoms with Crippen LogP contribution in [-0.2, 0) is 0 Å². The minimum absolute atomic E-state index is 0.183. The molecule has 3 unspecified atom stereocenters. The summed E-state index contributed by atoms with van der Waals surface area (Å²) < 4.78 is 0. The molecule has 0 amide bonds. The van der Waals surface area contributed by atoms with E-state index in [0.717, 1.165) is 25.6 Å². The van der Waals surface area contributed by atoms with Gasteiger partial charge in [0.1, 0.15) is 0 Å². The lowest BCUT2D eigenvalue weighted by molar-refractivity contribution is 0.151. The molecule has 2 saturated heterocycles. The highest BCUT2D eigenvalue weighted by molar-refractivity contribution is 5.16. The van der Waals surface area contributed by atoms with E-state index < -0.39 is 0 Å². The maximum Gasteiger partial charge on any atom is 0.0514 e. The van der Waals surface area contributed by atoms with Crippen LogP contribution >= 0.6 is 0 Å². The zero-order valence-corrected chi connectivity index (χ0v) is 13.1. The molecule has 0 spiro atoms. The van der Waals surface area contributed by atoms with Crippen molar-refractivity contribution in [2.75, 3.05) is 26.2 Å². The molecule has 1 aromatic heterocycles. The van der Waals surface area contributed by atoms with Crippen molar-refractivity contribution in [1.82, 2.24) is 14.8 Å². The minimum Gasteiger partial charge on any atom is -0.326 e. The Hall–Kier alpha value is -0.970. The smallest absolute Gasteiger partial charge is 0.0514 e. The summed E-state index contributed by atoms with van der Waals surface area (Å²) in [7, 11) is 0. The molecule has 3 heterocycles. The normalized spacial score (nSPS) is 27.0. The summed E-state index contributed by atoms with van der Waals surface area (Å²) >= 11 is 0. The average molecular weight is 288 g/mol. The van der Waals surface area contributed by atoms with Crippen LogP contribution in [0.1, 0.15) is 44.2 Å². The second kappa shape index (κ2) is 6.86. The fourth-order valence-electron chi connectivity index (χ4n) is 3.99. The molecule has 2 aliphatic heterocycles. The van der Waals surface area contributed by atoms with Crippen molar-refractivity contribution < 1.29 is 0 Å². The van der Waals surface area contributed by atoms with E-state index in [9.17, 15) is 0 Å². The maximum atomic E-state index is 6.49. The molecule has 3 atom stereocenters. The van der Waals surface area contributed by atoms with E-state index in [2.05, 4.69) is 27.8 Å². The molecule has 0 saturated carbocycles. The third kappa shape index (κ3) is 3.28. The van der Waals surface area contributed by atoms with Crippen LogP contribution in [0.3, 0.4) is 0 Å². The first-order valence-electron chi connectivity index (χ1n) is 8.43. The van der Waals surface area contributed by atoms with E-state index in [1.54, 1.807) is 0 Å². The number of rotatable bonds is 4. The monoisotopic (exact) mass is 288 g/mol. The van der Waals surface area contributed by atoms with E-state index in [1.165, 1.54) is 37.9 Å². The van der Waals surface area contributed by atoms with Crippen LogP contribution in [-0.4, -0.2) is 53.0 Å². The zero-order chi connectivity index (χ0) is 14.7. The Morgan fingerprint density at radius 2 is 2.19 bits per heavy atom. The van der Waals surface area contributed by atoms with Crippen molar-refractivity contribution in [1.29, 1.82) is 0 Å². The molecule has 0 aromatic carbocycles. The van der Waals surface area contributed by atoms with Crippen LogP contribution in [0.4, 0.5) is 0 Å². The average Bonchev–Trinajstić information content (AvgIpc) is 2.86. The summed E-state index contributed by atoms with van der Waals surface area (Å²) in [5.74, 6) is 0. The molecule has 4 nitrogen and oxygen atoms in total. The van der Waals surface area contributed by atoms with Crippen LogP contribution in [0.5, 0.6) is 0 Å². The summed E-state index contributed by atoms with van der Waals surface area (Å²) in [6.45, 7) is 7.04. The van der Waals surface area contributed by atoms with E-state index in [-0.39, 0.29) is 6.04 Å². The number of hydrogen-bond acceptors (Lipinski definition) is 4. The van der Waals surface area contributed by atoms with Crippen molar-refractivity contribution in [3.8, 4) is 0 Å². The van der Waals surface area contributed by atoms with Crippen molar-refractivity contribution in [3.63, 3.8) is 0 Å². The third-order valence-corrected chi connectivity index (χ3v) is 5.13. The Morgan fingerprint density at radius 1 is 1.33 bits per heavy atom. The van der Waals surface area contributed by atoms with Gasteiger partial charge in [-0.05, 0) is 50.4 Å². The first-order valence-corrected chi connectivity index (χ1v) is 8.43. The molecule has 21 heavy (non-hydrogen) atoms. The van der Waals surface area contributed by atoms with Crippen molar-refractivity contribution in [3.05, 3.63) is 30.1 Å². The second-order valence-corrected chi connectivity index (χ2v) is 6.48. The maximum absolute atomic E-state index is 6.49. The number of nitrogens with zero attached hydrogens (tertiary/aromatic N) is 3. The van der Waals surface area contributed by atoms with Crippen LogP contribution in [0.25, 0.3) is 0 Å². The Bertz CT molecular complexity index is 436. The Balaban J connectivity index is 1.82. The van der Waals surface area contributed by atoms with Gasteiger partial charge in [0.2, 0.25) is 0 Å². The summed E-state index contributed by atoms with van der Waals surface area (Å²) in [4.78, 5) is 9.62. The highest BCUT2D eigenvalue weighted by Crippen LogP contribution is 2.29. The van der Waals surface area contributed by atoms with Crippen LogP contribution in [0, 0.1) is 0 Å². The van der Waals surface area contributed by atoms with Gasteiger partial charge in [-0.3, -0.25) is 14.8 Å². The molecule has 4 heteroatoms. The molecular weight excluding hydrogens is 260 g/mol. The fourth-order valence-corrected chi connectivity index (χ4v) is 3.99. The van der Waals surface area contributed by atoms with E-state index in [4.69, 9.17) is 5.73 Å².